The van der Waals surface area contributed by atoms with Crippen LogP contribution in [0.1, 0.15) is 46.5 Å². The molecule has 2 aliphatic rings. The Labute approximate surface area is 162 Å². The molecule has 0 saturated carbocycles. The fraction of sp³-hybridized carbons (Fsp3) is 0.737. The molecular formula is C19H36N5O3+. The monoisotopic (exact) mass is 382 g/mol. The Balaban J connectivity index is 2.06. The number of fused-ring (bicyclic) bond motifs is 2. The van der Waals surface area contributed by atoms with Crippen molar-refractivity contribution < 1.29 is 19.8 Å². The third kappa shape index (κ3) is 5.93. The Bertz CT molecular complexity index is 582. The highest BCUT2D eigenvalue weighted by Gasteiger charge is 2.37. The number of aliphatic hydroxyl groups excluding tert-OH is 1. The van der Waals surface area contributed by atoms with Crippen LogP contribution in [0.3, 0.4) is 0 Å². The van der Waals surface area contributed by atoms with E-state index in [1.54, 1.807) is 11.2 Å². The highest BCUT2D eigenvalue weighted by molar-refractivity contribution is 5.54. The molecule has 2 rings (SSSR count). The SMILES string of the molecule is CC(C)(C)[C@@H](CO)NCCC1=C(N(N)C/C=[N+](O)\C=C/N)[C@H]2CC[C@@H](C1)O2. The summed E-state index contributed by atoms with van der Waals surface area (Å²) in [5.74, 6) is 6.31. The van der Waals surface area contributed by atoms with Gasteiger partial charge in [0.15, 0.2) is 0 Å². The Morgan fingerprint density at radius 3 is 2.78 bits per heavy atom. The Hall–Kier alpha value is -1.61. The van der Waals surface area contributed by atoms with Crippen LogP contribution in [0.2, 0.25) is 0 Å². The molecule has 0 aromatic carbocycles. The second kappa shape index (κ2) is 9.54. The van der Waals surface area contributed by atoms with E-state index in [0.29, 0.717) is 6.54 Å². The van der Waals surface area contributed by atoms with Gasteiger partial charge in [0.05, 0.1) is 30.7 Å². The molecular weight excluding hydrogens is 346 g/mol. The summed E-state index contributed by atoms with van der Waals surface area (Å²) in [6.45, 7) is 7.60. The van der Waals surface area contributed by atoms with Crippen LogP contribution in [0.15, 0.2) is 23.7 Å². The van der Waals surface area contributed by atoms with E-state index in [9.17, 15) is 10.3 Å². The van der Waals surface area contributed by atoms with E-state index >= 15 is 0 Å². The maximum Gasteiger partial charge on any atom is 0.237 e. The van der Waals surface area contributed by atoms with Crippen molar-refractivity contribution in [1.29, 1.82) is 0 Å². The number of aliphatic hydroxyl groups is 1. The minimum atomic E-state index is -0.00335. The van der Waals surface area contributed by atoms with Gasteiger partial charge in [-0.3, -0.25) is 5.21 Å². The van der Waals surface area contributed by atoms with Crippen molar-refractivity contribution in [2.24, 2.45) is 17.0 Å². The Kier molecular flexibility index (Phi) is 7.67. The molecule has 3 atom stereocenters. The topological polar surface area (TPSA) is 120 Å². The van der Waals surface area contributed by atoms with E-state index in [2.05, 4.69) is 26.1 Å². The van der Waals surface area contributed by atoms with Gasteiger partial charge in [0.25, 0.3) is 0 Å². The lowest BCUT2D eigenvalue weighted by Gasteiger charge is -2.33. The fourth-order valence-electron chi connectivity index (χ4n) is 3.74. The number of rotatable bonds is 9. The number of nitrogens with two attached hydrogens (primary N) is 2. The Morgan fingerprint density at radius 1 is 1.41 bits per heavy atom. The van der Waals surface area contributed by atoms with Gasteiger partial charge in [0, 0.05) is 10.8 Å². The van der Waals surface area contributed by atoms with Gasteiger partial charge in [0.2, 0.25) is 12.4 Å². The summed E-state index contributed by atoms with van der Waals surface area (Å²) in [6, 6.07) is 0.0476. The van der Waals surface area contributed by atoms with Crippen molar-refractivity contribution in [1.82, 2.24) is 10.3 Å². The van der Waals surface area contributed by atoms with Gasteiger partial charge in [-0.25, -0.2) is 5.84 Å². The standard InChI is InChI=1S/C19H36N5O3/c1-19(2,3)17(13-25)22-8-6-14-12-15-4-5-16(27-15)18(14)24(21)11-10-23(26)9-7-20/h7,9-10,15-17,22,25-26H,4-6,8,11-13,20-21H2,1-3H3/q+1/b9-7-,23-10+/t15-,16+,17+/m0/s1. The lowest BCUT2D eigenvalue weighted by molar-refractivity contribution is -0.722. The lowest BCUT2D eigenvalue weighted by atomic mass is 9.87. The van der Waals surface area contributed by atoms with Crippen molar-refractivity contribution in [2.45, 2.75) is 64.7 Å². The summed E-state index contributed by atoms with van der Waals surface area (Å²) in [7, 11) is 0. The van der Waals surface area contributed by atoms with Gasteiger partial charge < -0.3 is 25.9 Å². The third-order valence-electron chi connectivity index (χ3n) is 5.31. The van der Waals surface area contributed by atoms with E-state index in [4.69, 9.17) is 16.3 Å². The molecule has 0 amide bonds. The van der Waals surface area contributed by atoms with Crippen LogP contribution in [0, 0.1) is 5.41 Å². The van der Waals surface area contributed by atoms with Gasteiger partial charge in [0.1, 0.15) is 6.54 Å². The summed E-state index contributed by atoms with van der Waals surface area (Å²) < 4.78 is 6.96. The molecule has 0 aromatic heterocycles. The molecule has 8 heteroatoms. The van der Waals surface area contributed by atoms with Crippen molar-refractivity contribution in [3.8, 4) is 0 Å². The first-order chi connectivity index (χ1) is 12.8. The van der Waals surface area contributed by atoms with Gasteiger partial charge in [-0.1, -0.05) is 20.8 Å². The molecule has 0 unspecified atom stereocenters. The molecule has 0 radical (unpaired) electrons. The number of nitrogens with one attached hydrogen (secondary N) is 1. The van der Waals surface area contributed by atoms with Gasteiger partial charge in [-0.15, -0.1) is 0 Å². The fourth-order valence-corrected chi connectivity index (χ4v) is 3.74. The van der Waals surface area contributed by atoms with Crippen LogP contribution in [-0.4, -0.2) is 64.2 Å². The first kappa shape index (κ1) is 21.7. The number of nitrogens with zero attached hydrogens (tertiary/aromatic N) is 2. The van der Waals surface area contributed by atoms with Crippen molar-refractivity contribution in [2.75, 3.05) is 19.7 Å². The predicted octanol–water partition coefficient (Wildman–Crippen LogP) is 0.657. The molecule has 27 heavy (non-hydrogen) atoms. The third-order valence-corrected chi connectivity index (χ3v) is 5.31. The van der Waals surface area contributed by atoms with Crippen LogP contribution < -0.4 is 16.9 Å². The Morgan fingerprint density at radius 2 is 2.15 bits per heavy atom. The zero-order valence-corrected chi connectivity index (χ0v) is 16.8. The number of ether oxygens (including phenoxy) is 1. The van der Waals surface area contributed by atoms with Crippen LogP contribution in [-0.2, 0) is 4.74 Å². The molecule has 1 saturated heterocycles. The lowest BCUT2D eigenvalue weighted by Crippen LogP contribution is -2.44. The van der Waals surface area contributed by atoms with E-state index in [1.807, 2.05) is 0 Å². The molecule has 2 aliphatic heterocycles. The summed E-state index contributed by atoms with van der Waals surface area (Å²) in [5.41, 5.74) is 7.58. The second-order valence-electron chi connectivity index (χ2n) is 8.38. The van der Waals surface area contributed by atoms with Crippen LogP contribution in [0.4, 0.5) is 0 Å². The first-order valence-electron chi connectivity index (χ1n) is 9.69. The van der Waals surface area contributed by atoms with E-state index in [0.717, 1.165) is 42.7 Å². The van der Waals surface area contributed by atoms with Gasteiger partial charge in [-0.2, -0.15) is 0 Å². The molecule has 0 spiro atoms. The molecule has 154 valence electrons. The zero-order chi connectivity index (χ0) is 20.0. The quantitative estimate of drug-likeness (QED) is 0.131. The van der Waals surface area contributed by atoms with Crippen molar-refractivity contribution >= 4 is 6.21 Å². The highest BCUT2D eigenvalue weighted by Crippen LogP contribution is 2.38. The van der Waals surface area contributed by atoms with Gasteiger partial charge >= 0.3 is 0 Å². The highest BCUT2D eigenvalue weighted by atomic mass is 16.5. The summed E-state index contributed by atoms with van der Waals surface area (Å²) in [6.07, 6.45) is 8.20. The average Bonchev–Trinajstić information content (AvgIpc) is 2.97. The number of hydrogen-bond donors (Lipinski definition) is 5. The molecule has 7 N–H and O–H groups in total. The largest absolute Gasteiger partial charge is 0.400 e. The van der Waals surface area contributed by atoms with Crippen LogP contribution in [0.25, 0.3) is 0 Å². The number of hydrogen-bond acceptors (Lipinski definition) is 7. The second-order valence-corrected chi connectivity index (χ2v) is 8.38. The predicted molar refractivity (Wildman–Crippen MR) is 105 cm³/mol. The van der Waals surface area contributed by atoms with E-state index < -0.39 is 0 Å². The van der Waals surface area contributed by atoms with E-state index in [-0.39, 0.29) is 30.3 Å². The summed E-state index contributed by atoms with van der Waals surface area (Å²) in [5, 5.41) is 24.4. The maximum atomic E-state index is 9.65. The van der Waals surface area contributed by atoms with Crippen LogP contribution >= 0.6 is 0 Å². The van der Waals surface area contributed by atoms with Crippen molar-refractivity contribution in [3.63, 3.8) is 0 Å². The maximum absolute atomic E-state index is 9.65. The average molecular weight is 383 g/mol. The minimum absolute atomic E-state index is 0.00335. The molecule has 2 bridgehead atoms. The normalized spacial score (nSPS) is 24.7. The molecule has 2 heterocycles. The molecule has 0 aromatic rings. The van der Waals surface area contributed by atoms with Crippen molar-refractivity contribution in [3.05, 3.63) is 23.7 Å². The van der Waals surface area contributed by atoms with Crippen LogP contribution in [0.5, 0.6) is 0 Å². The molecule has 8 nitrogen and oxygen atoms in total. The summed E-state index contributed by atoms with van der Waals surface area (Å²) >= 11 is 0. The van der Waals surface area contributed by atoms with E-state index in [1.165, 1.54) is 18.0 Å². The summed E-state index contributed by atoms with van der Waals surface area (Å²) in [4.78, 5) is 0. The number of hydroxylamine groups is 1. The smallest absolute Gasteiger partial charge is 0.237 e. The molecule has 1 fully saturated rings. The minimum Gasteiger partial charge on any atom is -0.400 e. The zero-order valence-electron chi connectivity index (χ0n) is 16.8. The molecule has 0 aliphatic carbocycles. The number of hydrazine groups is 1. The van der Waals surface area contributed by atoms with Gasteiger partial charge in [-0.05, 0) is 43.2 Å². The first-order valence-corrected chi connectivity index (χ1v) is 9.69.